The van der Waals surface area contributed by atoms with Gasteiger partial charge in [0.25, 0.3) is 0 Å². The van der Waals surface area contributed by atoms with Crippen LogP contribution in [0, 0.1) is 11.7 Å². The van der Waals surface area contributed by atoms with Gasteiger partial charge in [0.1, 0.15) is 5.82 Å². The highest BCUT2D eigenvalue weighted by Gasteiger charge is 2.32. The van der Waals surface area contributed by atoms with E-state index in [1.165, 1.54) is 38.2 Å². The zero-order chi connectivity index (χ0) is 14.7. The Morgan fingerprint density at radius 1 is 1.14 bits per heavy atom. The van der Waals surface area contributed by atoms with Crippen molar-refractivity contribution in [2.75, 3.05) is 26.2 Å². The van der Waals surface area contributed by atoms with Gasteiger partial charge in [-0.1, -0.05) is 36.9 Å². The molecule has 2 nitrogen and oxygen atoms in total. The van der Waals surface area contributed by atoms with Gasteiger partial charge < -0.3 is 5.32 Å². The highest BCUT2D eigenvalue weighted by molar-refractivity contribution is 6.30. The second-order valence-electron chi connectivity index (χ2n) is 6.29. The molecule has 1 aromatic rings. The van der Waals surface area contributed by atoms with Gasteiger partial charge in [-0.2, -0.15) is 0 Å². The quantitative estimate of drug-likeness (QED) is 0.907. The minimum atomic E-state index is -0.142. The standard InChI is InChI=1S/C17H24ClFN2/c18-14-6-7-15(16(19)12-14)17(13-4-2-1-3-5-13)21-10-8-20-9-11-21/h6-7,12-13,17,20H,1-5,8-11H2/t17-/m0/s1. The Labute approximate surface area is 131 Å². The van der Waals surface area contributed by atoms with Gasteiger partial charge in [0.15, 0.2) is 0 Å². The monoisotopic (exact) mass is 310 g/mol. The lowest BCUT2D eigenvalue weighted by Crippen LogP contribution is -2.47. The smallest absolute Gasteiger partial charge is 0.129 e. The van der Waals surface area contributed by atoms with Crippen LogP contribution < -0.4 is 5.32 Å². The van der Waals surface area contributed by atoms with E-state index >= 15 is 0 Å². The summed E-state index contributed by atoms with van der Waals surface area (Å²) < 4.78 is 14.5. The Balaban J connectivity index is 1.89. The van der Waals surface area contributed by atoms with Crippen LogP contribution in [0.15, 0.2) is 18.2 Å². The van der Waals surface area contributed by atoms with Crippen molar-refractivity contribution in [2.24, 2.45) is 5.92 Å². The largest absolute Gasteiger partial charge is 0.314 e. The van der Waals surface area contributed by atoms with E-state index in [4.69, 9.17) is 11.6 Å². The molecule has 2 aliphatic rings. The Morgan fingerprint density at radius 2 is 1.86 bits per heavy atom. The van der Waals surface area contributed by atoms with Crippen LogP contribution in [0.5, 0.6) is 0 Å². The molecule has 0 spiro atoms. The fraction of sp³-hybridized carbons (Fsp3) is 0.647. The highest BCUT2D eigenvalue weighted by atomic mass is 35.5. The summed E-state index contributed by atoms with van der Waals surface area (Å²) in [5.41, 5.74) is 0.841. The van der Waals surface area contributed by atoms with E-state index in [2.05, 4.69) is 10.2 Å². The van der Waals surface area contributed by atoms with Gasteiger partial charge in [-0.05, 0) is 30.9 Å². The molecule has 116 valence electrons. The van der Waals surface area contributed by atoms with Gasteiger partial charge in [-0.15, -0.1) is 0 Å². The van der Waals surface area contributed by atoms with Crippen molar-refractivity contribution >= 4 is 11.6 Å². The van der Waals surface area contributed by atoms with E-state index in [0.717, 1.165) is 31.7 Å². The topological polar surface area (TPSA) is 15.3 Å². The molecule has 0 bridgehead atoms. The van der Waals surface area contributed by atoms with Crippen molar-refractivity contribution in [1.82, 2.24) is 10.2 Å². The van der Waals surface area contributed by atoms with Crippen molar-refractivity contribution in [2.45, 2.75) is 38.1 Å². The Hall–Kier alpha value is -0.640. The van der Waals surface area contributed by atoms with Crippen LogP contribution in [0.3, 0.4) is 0 Å². The molecule has 4 heteroatoms. The average Bonchev–Trinajstić information content (AvgIpc) is 2.52. The molecule has 1 aliphatic heterocycles. The molecule has 1 heterocycles. The van der Waals surface area contributed by atoms with E-state index in [-0.39, 0.29) is 11.9 Å². The van der Waals surface area contributed by atoms with Crippen LogP contribution >= 0.6 is 11.6 Å². The summed E-state index contributed by atoms with van der Waals surface area (Å²) in [5.74, 6) is 0.434. The number of halogens is 2. The molecule has 1 N–H and O–H groups in total. The van der Waals surface area contributed by atoms with Crippen LogP contribution in [-0.2, 0) is 0 Å². The number of hydrogen-bond acceptors (Lipinski definition) is 2. The van der Waals surface area contributed by atoms with Gasteiger partial charge in [-0.25, -0.2) is 4.39 Å². The van der Waals surface area contributed by atoms with E-state index in [1.54, 1.807) is 0 Å². The van der Waals surface area contributed by atoms with E-state index < -0.39 is 0 Å². The van der Waals surface area contributed by atoms with Crippen molar-refractivity contribution in [3.8, 4) is 0 Å². The molecule has 2 fully saturated rings. The number of rotatable bonds is 3. The Kier molecular flexibility index (Phi) is 5.15. The summed E-state index contributed by atoms with van der Waals surface area (Å²) in [6, 6.07) is 5.41. The van der Waals surface area contributed by atoms with Gasteiger partial charge in [0, 0.05) is 42.8 Å². The fourth-order valence-electron chi connectivity index (χ4n) is 3.90. The Morgan fingerprint density at radius 3 is 2.52 bits per heavy atom. The maximum absolute atomic E-state index is 14.5. The lowest BCUT2D eigenvalue weighted by atomic mass is 9.80. The first-order chi connectivity index (χ1) is 10.3. The summed E-state index contributed by atoms with van der Waals surface area (Å²) in [6.07, 6.45) is 6.33. The van der Waals surface area contributed by atoms with Crippen molar-refractivity contribution in [3.05, 3.63) is 34.6 Å². The second kappa shape index (κ2) is 7.08. The first kappa shape index (κ1) is 15.3. The zero-order valence-corrected chi connectivity index (χ0v) is 13.2. The van der Waals surface area contributed by atoms with Crippen LogP contribution in [0.25, 0.3) is 0 Å². The zero-order valence-electron chi connectivity index (χ0n) is 12.5. The van der Waals surface area contributed by atoms with Crippen LogP contribution in [0.2, 0.25) is 5.02 Å². The second-order valence-corrected chi connectivity index (χ2v) is 6.73. The third-order valence-corrected chi connectivity index (χ3v) is 5.16. The van der Waals surface area contributed by atoms with Gasteiger partial charge >= 0.3 is 0 Å². The molecule has 0 amide bonds. The maximum atomic E-state index is 14.5. The number of nitrogens with zero attached hydrogens (tertiary/aromatic N) is 1. The number of piperazine rings is 1. The molecular formula is C17H24ClFN2. The summed E-state index contributed by atoms with van der Waals surface area (Å²) in [7, 11) is 0. The van der Waals surface area contributed by atoms with Gasteiger partial charge in [0.05, 0.1) is 0 Å². The van der Waals surface area contributed by atoms with Crippen LogP contribution in [0.4, 0.5) is 4.39 Å². The third-order valence-electron chi connectivity index (χ3n) is 4.92. The van der Waals surface area contributed by atoms with Gasteiger partial charge in [-0.3, -0.25) is 4.90 Å². The first-order valence-electron chi connectivity index (χ1n) is 8.15. The SMILES string of the molecule is Fc1cc(Cl)ccc1[C@H](C1CCCCC1)N1CCNCC1. The molecule has 1 aliphatic carbocycles. The maximum Gasteiger partial charge on any atom is 0.129 e. The molecule has 0 radical (unpaired) electrons. The number of hydrogen-bond donors (Lipinski definition) is 1. The summed E-state index contributed by atoms with van der Waals surface area (Å²) >= 11 is 5.93. The van der Waals surface area contributed by atoms with Gasteiger partial charge in [0.2, 0.25) is 0 Å². The van der Waals surface area contributed by atoms with Crippen LogP contribution in [-0.4, -0.2) is 31.1 Å². The molecule has 3 rings (SSSR count). The summed E-state index contributed by atoms with van der Waals surface area (Å²) in [6.45, 7) is 4.00. The minimum absolute atomic E-state index is 0.142. The predicted octanol–water partition coefficient (Wildman–Crippen LogP) is 4.01. The molecule has 0 aromatic heterocycles. The van der Waals surface area contributed by atoms with E-state index in [1.807, 2.05) is 12.1 Å². The van der Waals surface area contributed by atoms with Crippen molar-refractivity contribution in [1.29, 1.82) is 0 Å². The van der Waals surface area contributed by atoms with Crippen molar-refractivity contribution < 1.29 is 4.39 Å². The average molecular weight is 311 g/mol. The predicted molar refractivity (Wildman–Crippen MR) is 85.2 cm³/mol. The lowest BCUT2D eigenvalue weighted by Gasteiger charge is -2.41. The fourth-order valence-corrected chi connectivity index (χ4v) is 4.06. The highest BCUT2D eigenvalue weighted by Crippen LogP contribution is 2.39. The van der Waals surface area contributed by atoms with E-state index in [0.29, 0.717) is 10.9 Å². The molecular weight excluding hydrogens is 287 g/mol. The molecule has 1 saturated carbocycles. The molecule has 1 atom stereocenters. The molecule has 21 heavy (non-hydrogen) atoms. The number of nitrogens with one attached hydrogen (secondary N) is 1. The molecule has 0 unspecified atom stereocenters. The third kappa shape index (κ3) is 3.58. The molecule has 1 saturated heterocycles. The van der Waals surface area contributed by atoms with E-state index in [9.17, 15) is 4.39 Å². The summed E-state index contributed by atoms with van der Waals surface area (Å²) in [4.78, 5) is 2.47. The van der Waals surface area contributed by atoms with Crippen LogP contribution in [0.1, 0.15) is 43.7 Å². The Bertz CT molecular complexity index is 450. The minimum Gasteiger partial charge on any atom is -0.314 e. The normalized spacial score (nSPS) is 23.1. The lowest BCUT2D eigenvalue weighted by molar-refractivity contribution is 0.101. The number of benzene rings is 1. The first-order valence-corrected chi connectivity index (χ1v) is 8.53. The molecule has 1 aromatic carbocycles. The van der Waals surface area contributed by atoms with Crippen molar-refractivity contribution in [3.63, 3.8) is 0 Å². The summed E-state index contributed by atoms with van der Waals surface area (Å²) in [5, 5.41) is 3.88.